The highest BCUT2D eigenvalue weighted by Gasteiger charge is 2.20. The molecular formula is C28H28N6O2. The summed E-state index contributed by atoms with van der Waals surface area (Å²) in [4.78, 5) is 15.3. The summed E-state index contributed by atoms with van der Waals surface area (Å²) in [5.41, 5.74) is 3.81. The number of para-hydroxylation sites is 1. The largest absolute Gasteiger partial charge is 0.457 e. The summed E-state index contributed by atoms with van der Waals surface area (Å²) in [6.45, 7) is 5.53. The van der Waals surface area contributed by atoms with Crippen LogP contribution in [0.4, 0.5) is 11.4 Å². The molecule has 1 aliphatic rings. The number of benzene rings is 2. The number of amides is 1. The van der Waals surface area contributed by atoms with Crippen LogP contribution in [0.25, 0.3) is 5.52 Å². The summed E-state index contributed by atoms with van der Waals surface area (Å²) < 4.78 is 7.52. The van der Waals surface area contributed by atoms with Gasteiger partial charge in [-0.2, -0.15) is 10.4 Å². The number of ether oxygens (including phenoxy) is 1. The van der Waals surface area contributed by atoms with Gasteiger partial charge < -0.3 is 20.3 Å². The van der Waals surface area contributed by atoms with Crippen molar-refractivity contribution in [1.29, 1.82) is 5.26 Å². The van der Waals surface area contributed by atoms with E-state index in [1.54, 1.807) is 10.7 Å². The lowest BCUT2D eigenvalue weighted by Gasteiger charge is -2.14. The maximum atomic E-state index is 13.0. The Morgan fingerprint density at radius 3 is 2.53 bits per heavy atom. The number of nitrogens with zero attached hydrogens (tertiary/aromatic N) is 4. The minimum absolute atomic E-state index is 0.135. The van der Waals surface area contributed by atoms with Crippen molar-refractivity contribution in [2.24, 2.45) is 0 Å². The molecule has 0 saturated carbocycles. The molecule has 2 aromatic carbocycles. The van der Waals surface area contributed by atoms with Gasteiger partial charge in [0, 0.05) is 25.0 Å². The molecule has 182 valence electrons. The van der Waals surface area contributed by atoms with Gasteiger partial charge >= 0.3 is 0 Å². The van der Waals surface area contributed by atoms with Crippen LogP contribution in [0.1, 0.15) is 34.3 Å². The van der Waals surface area contributed by atoms with E-state index in [-0.39, 0.29) is 5.91 Å². The van der Waals surface area contributed by atoms with Gasteiger partial charge in [-0.25, -0.2) is 4.52 Å². The normalized spacial score (nSPS) is 13.4. The van der Waals surface area contributed by atoms with Crippen molar-refractivity contribution in [2.45, 2.75) is 19.8 Å². The number of fused-ring (bicyclic) bond motifs is 1. The molecule has 0 bridgehead atoms. The van der Waals surface area contributed by atoms with Crippen molar-refractivity contribution >= 4 is 22.8 Å². The maximum Gasteiger partial charge on any atom is 0.253 e. The van der Waals surface area contributed by atoms with Crippen molar-refractivity contribution in [2.75, 3.05) is 31.5 Å². The molecule has 2 N–H and O–H groups in total. The molecule has 1 fully saturated rings. The van der Waals surface area contributed by atoms with Gasteiger partial charge in [0.2, 0.25) is 0 Å². The first kappa shape index (κ1) is 23.4. The fraction of sp³-hybridized carbons (Fsp3) is 0.250. The predicted octanol–water partition coefficient (Wildman–Crippen LogP) is 4.88. The maximum absolute atomic E-state index is 13.0. The van der Waals surface area contributed by atoms with E-state index in [1.165, 1.54) is 19.0 Å². The standard InChI is InChI=1S/C28H28N6O2/c1-20-25(28(35)30-13-16-33-14-5-6-15-33)19-34-27(20)26(21(17-29)18-31-34)32-22-9-11-24(12-10-22)36-23-7-3-2-4-8-23/h2-4,7-12,18-19,32H,5-6,13-16H2,1H3,(H,30,35). The predicted molar refractivity (Wildman–Crippen MR) is 139 cm³/mol. The van der Waals surface area contributed by atoms with E-state index >= 15 is 0 Å². The van der Waals surface area contributed by atoms with Crippen LogP contribution in [-0.4, -0.2) is 46.6 Å². The summed E-state index contributed by atoms with van der Waals surface area (Å²) in [6, 6.07) is 19.3. The molecule has 0 aliphatic carbocycles. The topological polar surface area (TPSA) is 94.7 Å². The Hall–Kier alpha value is -4.35. The summed E-state index contributed by atoms with van der Waals surface area (Å²) in [5, 5.41) is 20.5. The highest BCUT2D eigenvalue weighted by molar-refractivity contribution is 6.00. The zero-order valence-corrected chi connectivity index (χ0v) is 20.2. The van der Waals surface area contributed by atoms with Gasteiger partial charge in [-0.3, -0.25) is 4.79 Å². The monoisotopic (exact) mass is 480 g/mol. The van der Waals surface area contributed by atoms with E-state index in [0.717, 1.165) is 36.6 Å². The number of anilines is 2. The van der Waals surface area contributed by atoms with E-state index in [4.69, 9.17) is 4.74 Å². The van der Waals surface area contributed by atoms with Crippen LogP contribution in [0.2, 0.25) is 0 Å². The summed E-state index contributed by atoms with van der Waals surface area (Å²) in [5.74, 6) is 1.33. The molecule has 8 heteroatoms. The lowest BCUT2D eigenvalue weighted by molar-refractivity contribution is 0.0949. The molecule has 2 aromatic heterocycles. The average molecular weight is 481 g/mol. The second-order valence-electron chi connectivity index (χ2n) is 8.88. The summed E-state index contributed by atoms with van der Waals surface area (Å²) in [7, 11) is 0. The number of carbonyl (C=O) groups excluding carboxylic acids is 1. The SMILES string of the molecule is Cc1c(C(=O)NCCN2CCCC2)cn2ncc(C#N)c(Nc3ccc(Oc4ccccc4)cc3)c12. The molecule has 36 heavy (non-hydrogen) atoms. The molecule has 0 spiro atoms. The van der Waals surface area contributed by atoms with Crippen LogP contribution in [0, 0.1) is 18.3 Å². The van der Waals surface area contributed by atoms with E-state index in [0.29, 0.717) is 34.6 Å². The first-order valence-electron chi connectivity index (χ1n) is 12.1. The Kier molecular flexibility index (Phi) is 6.83. The van der Waals surface area contributed by atoms with Gasteiger partial charge in [0.25, 0.3) is 5.91 Å². The number of hydrogen-bond donors (Lipinski definition) is 2. The van der Waals surface area contributed by atoms with E-state index in [1.807, 2.05) is 61.5 Å². The Labute approximate surface area is 210 Å². The third-order valence-corrected chi connectivity index (χ3v) is 6.44. The highest BCUT2D eigenvalue weighted by Crippen LogP contribution is 2.31. The van der Waals surface area contributed by atoms with Crippen molar-refractivity contribution in [1.82, 2.24) is 19.8 Å². The lowest BCUT2D eigenvalue weighted by atomic mass is 10.1. The third kappa shape index (κ3) is 5.02. The van der Waals surface area contributed by atoms with E-state index < -0.39 is 0 Å². The molecule has 5 rings (SSSR count). The van der Waals surface area contributed by atoms with Crippen LogP contribution in [0.15, 0.2) is 67.0 Å². The van der Waals surface area contributed by atoms with Crippen LogP contribution in [-0.2, 0) is 0 Å². The molecule has 1 amide bonds. The third-order valence-electron chi connectivity index (χ3n) is 6.44. The second-order valence-corrected chi connectivity index (χ2v) is 8.88. The molecular weight excluding hydrogens is 452 g/mol. The van der Waals surface area contributed by atoms with Crippen LogP contribution < -0.4 is 15.4 Å². The number of hydrogen-bond acceptors (Lipinski definition) is 6. The molecule has 4 aromatic rings. The number of carbonyl (C=O) groups is 1. The van der Waals surface area contributed by atoms with Gasteiger partial charge in [-0.15, -0.1) is 0 Å². The number of nitrogens with one attached hydrogen (secondary N) is 2. The van der Waals surface area contributed by atoms with Crippen molar-refractivity contribution < 1.29 is 9.53 Å². The van der Waals surface area contributed by atoms with E-state index in [9.17, 15) is 10.1 Å². The molecule has 0 unspecified atom stereocenters. The van der Waals surface area contributed by atoms with Gasteiger partial charge in [0.05, 0.1) is 28.5 Å². The fourth-order valence-electron chi connectivity index (χ4n) is 4.53. The number of aromatic nitrogens is 2. The van der Waals surface area contributed by atoms with E-state index in [2.05, 4.69) is 26.7 Å². The number of rotatable bonds is 8. The first-order chi connectivity index (χ1) is 17.6. The lowest BCUT2D eigenvalue weighted by Crippen LogP contribution is -2.33. The Morgan fingerprint density at radius 2 is 1.81 bits per heavy atom. The van der Waals surface area contributed by atoms with Gasteiger partial charge in [-0.05, 0) is 74.8 Å². The van der Waals surface area contributed by atoms with Gasteiger partial charge in [0.1, 0.15) is 17.6 Å². The zero-order valence-electron chi connectivity index (χ0n) is 20.2. The number of likely N-dealkylation sites (tertiary alicyclic amines) is 1. The van der Waals surface area contributed by atoms with Gasteiger partial charge in [-0.1, -0.05) is 18.2 Å². The molecule has 0 radical (unpaired) electrons. The van der Waals surface area contributed by atoms with Crippen LogP contribution in [0.5, 0.6) is 11.5 Å². The number of nitriles is 1. The van der Waals surface area contributed by atoms with Crippen molar-refractivity contribution in [3.8, 4) is 17.6 Å². The van der Waals surface area contributed by atoms with Crippen molar-refractivity contribution in [3.05, 3.63) is 83.7 Å². The quantitative estimate of drug-likeness (QED) is 0.373. The molecule has 3 heterocycles. The van der Waals surface area contributed by atoms with Crippen molar-refractivity contribution in [3.63, 3.8) is 0 Å². The highest BCUT2D eigenvalue weighted by atomic mass is 16.5. The average Bonchev–Trinajstić information content (AvgIpc) is 3.54. The first-order valence-corrected chi connectivity index (χ1v) is 12.1. The molecule has 1 saturated heterocycles. The molecule has 1 aliphatic heterocycles. The van der Waals surface area contributed by atoms with Gasteiger partial charge in [0.15, 0.2) is 0 Å². The Bertz CT molecular complexity index is 1400. The second kappa shape index (κ2) is 10.5. The Balaban J connectivity index is 1.36. The summed E-state index contributed by atoms with van der Waals surface area (Å²) in [6.07, 6.45) is 5.68. The molecule has 0 atom stereocenters. The Morgan fingerprint density at radius 1 is 1.08 bits per heavy atom. The number of aryl methyl sites for hydroxylation is 1. The summed E-state index contributed by atoms with van der Waals surface area (Å²) >= 11 is 0. The minimum atomic E-state index is -0.135. The smallest absolute Gasteiger partial charge is 0.253 e. The molecule has 8 nitrogen and oxygen atoms in total. The zero-order chi connectivity index (χ0) is 24.9. The van der Waals surface area contributed by atoms with Crippen LogP contribution in [0.3, 0.4) is 0 Å². The minimum Gasteiger partial charge on any atom is -0.457 e. The fourth-order valence-corrected chi connectivity index (χ4v) is 4.53. The van der Waals surface area contributed by atoms with Crippen LogP contribution >= 0.6 is 0 Å².